The van der Waals surface area contributed by atoms with Gasteiger partial charge in [0.15, 0.2) is 11.5 Å². The van der Waals surface area contributed by atoms with Gasteiger partial charge in [-0.3, -0.25) is 4.79 Å². The molecular weight excluding hydrogens is 260 g/mol. The van der Waals surface area contributed by atoms with Crippen LogP contribution in [-0.4, -0.2) is 22.8 Å². The SMILES string of the molecule is CCOc1c(O)cccc1CC(=O)CBr. The minimum atomic E-state index is 0.0570. The fourth-order valence-electron chi connectivity index (χ4n) is 1.28. The lowest BCUT2D eigenvalue weighted by molar-refractivity contribution is -0.115. The molecule has 1 N–H and O–H groups in total. The molecule has 0 aliphatic carbocycles. The third kappa shape index (κ3) is 3.23. The molecule has 0 aliphatic heterocycles. The van der Waals surface area contributed by atoms with E-state index in [0.29, 0.717) is 17.7 Å². The van der Waals surface area contributed by atoms with E-state index in [0.717, 1.165) is 5.56 Å². The Morgan fingerprint density at radius 3 is 2.87 bits per heavy atom. The van der Waals surface area contributed by atoms with Crippen molar-refractivity contribution in [2.45, 2.75) is 13.3 Å². The quantitative estimate of drug-likeness (QED) is 0.837. The van der Waals surface area contributed by atoms with Crippen LogP contribution in [0.2, 0.25) is 0 Å². The van der Waals surface area contributed by atoms with Crippen molar-refractivity contribution in [3.63, 3.8) is 0 Å². The number of carbonyl (C=O) groups excluding carboxylic acids is 1. The van der Waals surface area contributed by atoms with Gasteiger partial charge in [-0.25, -0.2) is 0 Å². The van der Waals surface area contributed by atoms with Gasteiger partial charge in [-0.15, -0.1) is 0 Å². The van der Waals surface area contributed by atoms with Crippen molar-refractivity contribution in [1.82, 2.24) is 0 Å². The fourth-order valence-corrected chi connectivity index (χ4v) is 1.48. The maximum absolute atomic E-state index is 11.3. The number of alkyl halides is 1. The van der Waals surface area contributed by atoms with Gasteiger partial charge in [0.25, 0.3) is 0 Å². The molecule has 1 rings (SSSR count). The first-order valence-electron chi connectivity index (χ1n) is 4.70. The van der Waals surface area contributed by atoms with Crippen LogP contribution in [0.15, 0.2) is 18.2 Å². The van der Waals surface area contributed by atoms with Crippen molar-refractivity contribution in [2.75, 3.05) is 11.9 Å². The summed E-state index contributed by atoms with van der Waals surface area (Å²) in [6.07, 6.45) is 0.273. The number of phenolic OH excluding ortho intramolecular Hbond substituents is 1. The number of carbonyl (C=O) groups is 1. The Kier molecular flexibility index (Phi) is 4.62. The minimum Gasteiger partial charge on any atom is -0.504 e. The van der Waals surface area contributed by atoms with Crippen LogP contribution in [0.25, 0.3) is 0 Å². The van der Waals surface area contributed by atoms with Gasteiger partial charge in [0, 0.05) is 12.0 Å². The number of hydrogen-bond donors (Lipinski definition) is 1. The van der Waals surface area contributed by atoms with E-state index >= 15 is 0 Å². The maximum Gasteiger partial charge on any atom is 0.164 e. The summed E-state index contributed by atoms with van der Waals surface area (Å²) in [5, 5.41) is 9.87. The lowest BCUT2D eigenvalue weighted by Crippen LogP contribution is -2.06. The Balaban J connectivity index is 2.94. The van der Waals surface area contributed by atoms with E-state index in [1.165, 1.54) is 0 Å². The summed E-state index contributed by atoms with van der Waals surface area (Å²) < 4.78 is 5.30. The Hall–Kier alpha value is -1.03. The van der Waals surface area contributed by atoms with Crippen LogP contribution in [-0.2, 0) is 11.2 Å². The molecule has 0 heterocycles. The molecule has 0 saturated carbocycles. The van der Waals surface area contributed by atoms with Crippen LogP contribution in [0.5, 0.6) is 11.5 Å². The summed E-state index contributed by atoms with van der Waals surface area (Å²) in [6.45, 7) is 2.30. The van der Waals surface area contributed by atoms with E-state index in [-0.39, 0.29) is 18.0 Å². The van der Waals surface area contributed by atoms with E-state index in [4.69, 9.17) is 4.74 Å². The highest BCUT2D eigenvalue weighted by atomic mass is 79.9. The van der Waals surface area contributed by atoms with E-state index in [1.807, 2.05) is 6.92 Å². The van der Waals surface area contributed by atoms with E-state index in [9.17, 15) is 9.90 Å². The highest BCUT2D eigenvalue weighted by Gasteiger charge is 2.11. The van der Waals surface area contributed by atoms with Crippen LogP contribution in [0.3, 0.4) is 0 Å². The molecule has 0 fully saturated rings. The number of ether oxygens (including phenoxy) is 1. The number of halogens is 1. The second kappa shape index (κ2) is 5.75. The summed E-state index contributed by atoms with van der Waals surface area (Å²) in [5.74, 6) is 0.549. The van der Waals surface area contributed by atoms with Gasteiger partial charge in [0.2, 0.25) is 0 Å². The van der Waals surface area contributed by atoms with Crippen molar-refractivity contribution in [1.29, 1.82) is 0 Å². The summed E-state index contributed by atoms with van der Waals surface area (Å²) in [5.41, 5.74) is 0.723. The molecule has 82 valence electrons. The molecule has 1 aromatic rings. The van der Waals surface area contributed by atoms with Gasteiger partial charge in [-0.1, -0.05) is 28.1 Å². The Morgan fingerprint density at radius 2 is 2.27 bits per heavy atom. The van der Waals surface area contributed by atoms with Crippen molar-refractivity contribution in [2.24, 2.45) is 0 Å². The van der Waals surface area contributed by atoms with Crippen LogP contribution in [0.1, 0.15) is 12.5 Å². The molecule has 0 bridgehead atoms. The van der Waals surface area contributed by atoms with Gasteiger partial charge < -0.3 is 9.84 Å². The number of ketones is 1. The zero-order valence-electron chi connectivity index (χ0n) is 8.50. The molecular formula is C11H13BrO3. The lowest BCUT2D eigenvalue weighted by Gasteiger charge is -2.10. The molecule has 0 unspecified atom stereocenters. The summed E-state index contributed by atoms with van der Waals surface area (Å²) in [7, 11) is 0. The highest BCUT2D eigenvalue weighted by molar-refractivity contribution is 9.09. The van der Waals surface area contributed by atoms with E-state index in [1.54, 1.807) is 18.2 Å². The molecule has 0 aliphatic rings. The van der Waals surface area contributed by atoms with E-state index in [2.05, 4.69) is 15.9 Å². The highest BCUT2D eigenvalue weighted by Crippen LogP contribution is 2.30. The molecule has 1 aromatic carbocycles. The molecule has 0 amide bonds. The average molecular weight is 273 g/mol. The van der Waals surface area contributed by atoms with Crippen molar-refractivity contribution in [3.8, 4) is 11.5 Å². The van der Waals surface area contributed by atoms with Crippen LogP contribution < -0.4 is 4.74 Å². The number of rotatable bonds is 5. The van der Waals surface area contributed by atoms with Gasteiger partial charge in [0.1, 0.15) is 5.78 Å². The lowest BCUT2D eigenvalue weighted by atomic mass is 10.1. The predicted octanol–water partition coefficient (Wildman–Crippen LogP) is 2.30. The fraction of sp³-hybridized carbons (Fsp3) is 0.364. The predicted molar refractivity (Wildman–Crippen MR) is 61.8 cm³/mol. The van der Waals surface area contributed by atoms with Gasteiger partial charge >= 0.3 is 0 Å². The van der Waals surface area contributed by atoms with E-state index < -0.39 is 0 Å². The second-order valence-corrected chi connectivity index (χ2v) is 3.61. The molecule has 0 radical (unpaired) electrons. The normalized spacial score (nSPS) is 10.0. The number of hydrogen-bond acceptors (Lipinski definition) is 3. The first-order chi connectivity index (χ1) is 7.19. The zero-order valence-corrected chi connectivity index (χ0v) is 10.1. The molecule has 0 atom stereocenters. The summed E-state index contributed by atoms with van der Waals surface area (Å²) in [4.78, 5) is 11.3. The smallest absolute Gasteiger partial charge is 0.164 e. The number of Topliss-reactive ketones (excluding diaryl/α,β-unsaturated/α-hetero) is 1. The second-order valence-electron chi connectivity index (χ2n) is 3.05. The monoisotopic (exact) mass is 272 g/mol. The topological polar surface area (TPSA) is 46.5 Å². The third-order valence-corrected chi connectivity index (χ3v) is 2.53. The van der Waals surface area contributed by atoms with Crippen LogP contribution >= 0.6 is 15.9 Å². The molecule has 0 spiro atoms. The first-order valence-corrected chi connectivity index (χ1v) is 5.82. The maximum atomic E-state index is 11.3. The first kappa shape index (κ1) is 12.0. The molecule has 0 aromatic heterocycles. The Morgan fingerprint density at radius 1 is 1.53 bits per heavy atom. The number of phenols is 1. The van der Waals surface area contributed by atoms with Crippen LogP contribution in [0.4, 0.5) is 0 Å². The van der Waals surface area contributed by atoms with Crippen molar-refractivity contribution < 1.29 is 14.6 Å². The number of benzene rings is 1. The largest absolute Gasteiger partial charge is 0.504 e. The zero-order chi connectivity index (χ0) is 11.3. The number of aromatic hydroxyl groups is 1. The Bertz CT molecular complexity index is 350. The van der Waals surface area contributed by atoms with Gasteiger partial charge in [-0.05, 0) is 13.0 Å². The molecule has 3 nitrogen and oxygen atoms in total. The van der Waals surface area contributed by atoms with Crippen molar-refractivity contribution in [3.05, 3.63) is 23.8 Å². The molecule has 0 saturated heterocycles. The van der Waals surface area contributed by atoms with Gasteiger partial charge in [0.05, 0.1) is 11.9 Å². The number of para-hydroxylation sites is 1. The third-order valence-electron chi connectivity index (χ3n) is 1.90. The Labute approximate surface area is 97.2 Å². The standard InChI is InChI=1S/C11H13BrO3/c1-2-15-11-8(6-9(13)7-12)4-3-5-10(11)14/h3-5,14H,2,6-7H2,1H3. The van der Waals surface area contributed by atoms with Gasteiger partial charge in [-0.2, -0.15) is 0 Å². The molecule has 15 heavy (non-hydrogen) atoms. The molecule has 4 heteroatoms. The van der Waals surface area contributed by atoms with Crippen LogP contribution in [0, 0.1) is 0 Å². The van der Waals surface area contributed by atoms with Crippen molar-refractivity contribution >= 4 is 21.7 Å². The summed E-state index contributed by atoms with van der Waals surface area (Å²) >= 11 is 3.10. The average Bonchev–Trinajstić information content (AvgIpc) is 2.23. The summed E-state index contributed by atoms with van der Waals surface area (Å²) in [6, 6.07) is 5.03. The minimum absolute atomic E-state index is 0.0570.